The number of likely N-dealkylation sites (tertiary alicyclic amines) is 1. The highest BCUT2D eigenvalue weighted by atomic mass is 32.2. The number of aromatic nitrogens is 2. The Morgan fingerprint density at radius 2 is 1.80 bits per heavy atom. The molecule has 2 aliphatic rings. The van der Waals surface area contributed by atoms with Gasteiger partial charge in [-0.15, -0.1) is 0 Å². The molecule has 2 unspecified atom stereocenters. The lowest BCUT2D eigenvalue weighted by atomic mass is 10.2. The molecule has 2 saturated heterocycles. The first-order chi connectivity index (χ1) is 17.1. The van der Waals surface area contributed by atoms with Crippen molar-refractivity contribution in [1.29, 1.82) is 0 Å². The number of para-hydroxylation sites is 1. The molecule has 8 heteroatoms. The average Bonchev–Trinajstić information content (AvgIpc) is 3.31. The lowest BCUT2D eigenvalue weighted by molar-refractivity contribution is -0.120. The van der Waals surface area contributed by atoms with Crippen LogP contribution in [0.5, 0.6) is 0 Å². The number of hydrogen-bond acceptors (Lipinski definition) is 7. The van der Waals surface area contributed by atoms with Gasteiger partial charge in [0, 0.05) is 44.2 Å². The van der Waals surface area contributed by atoms with Gasteiger partial charge in [0.2, 0.25) is 5.91 Å². The fourth-order valence-electron chi connectivity index (χ4n) is 4.69. The van der Waals surface area contributed by atoms with Crippen LogP contribution in [0.15, 0.2) is 59.6 Å². The van der Waals surface area contributed by atoms with Crippen LogP contribution >= 0.6 is 11.8 Å². The van der Waals surface area contributed by atoms with Gasteiger partial charge >= 0.3 is 0 Å². The van der Waals surface area contributed by atoms with Crippen molar-refractivity contribution in [1.82, 2.24) is 25.1 Å². The van der Waals surface area contributed by atoms with Crippen molar-refractivity contribution in [3.8, 4) is 0 Å². The maximum atomic E-state index is 13.1. The molecule has 5 rings (SSSR count). The number of morpholine rings is 1. The molecule has 1 amide bonds. The largest absolute Gasteiger partial charge is 0.379 e. The van der Waals surface area contributed by atoms with Crippen molar-refractivity contribution in [2.24, 2.45) is 0 Å². The lowest BCUT2D eigenvalue weighted by Crippen LogP contribution is -2.40. The van der Waals surface area contributed by atoms with Crippen LogP contribution in [0.4, 0.5) is 0 Å². The number of rotatable bonds is 8. The molecular formula is C27H33N5O2S. The Balaban J connectivity index is 1.21. The number of amides is 1. The summed E-state index contributed by atoms with van der Waals surface area (Å²) in [4.78, 5) is 27.5. The van der Waals surface area contributed by atoms with Gasteiger partial charge in [-0.2, -0.15) is 0 Å². The highest BCUT2D eigenvalue weighted by Gasteiger charge is 2.26. The molecular weight excluding hydrogens is 458 g/mol. The first-order valence-electron chi connectivity index (χ1n) is 12.4. The van der Waals surface area contributed by atoms with E-state index in [4.69, 9.17) is 14.7 Å². The van der Waals surface area contributed by atoms with Crippen LogP contribution < -0.4 is 5.32 Å². The molecule has 0 saturated carbocycles. The molecule has 0 bridgehead atoms. The summed E-state index contributed by atoms with van der Waals surface area (Å²) in [6, 6.07) is 18.8. The SMILES string of the molecule is CC(Sc1nc(CN2CCOCC2)nc2ccccc12)C(=O)NC1CCN(Cc2ccccc2)C1. The predicted molar refractivity (Wildman–Crippen MR) is 139 cm³/mol. The quantitative estimate of drug-likeness (QED) is 0.383. The second-order valence-corrected chi connectivity index (χ2v) is 10.7. The van der Waals surface area contributed by atoms with Crippen LogP contribution in [0.1, 0.15) is 24.7 Å². The smallest absolute Gasteiger partial charge is 0.233 e. The fraction of sp³-hybridized carbons (Fsp3) is 0.444. The standard InChI is InChI=1S/C27H33N5O2S/c1-20(26(33)28-22-11-12-32(18-22)17-21-7-3-2-4-8-21)35-27-23-9-5-6-10-24(23)29-25(30-27)19-31-13-15-34-16-14-31/h2-10,20,22H,11-19H2,1H3,(H,28,33). The Labute approximate surface area is 211 Å². The summed E-state index contributed by atoms with van der Waals surface area (Å²) in [5.41, 5.74) is 2.24. The summed E-state index contributed by atoms with van der Waals surface area (Å²) in [7, 11) is 0. The normalized spacial score (nSPS) is 20.2. The molecule has 2 fully saturated rings. The van der Waals surface area contributed by atoms with Gasteiger partial charge in [-0.1, -0.05) is 60.3 Å². The maximum Gasteiger partial charge on any atom is 0.233 e. The molecule has 1 N–H and O–H groups in total. The summed E-state index contributed by atoms with van der Waals surface area (Å²) in [6.07, 6.45) is 0.982. The van der Waals surface area contributed by atoms with Crippen molar-refractivity contribution in [3.63, 3.8) is 0 Å². The van der Waals surface area contributed by atoms with E-state index >= 15 is 0 Å². The number of carbonyl (C=O) groups is 1. The molecule has 0 radical (unpaired) electrons. The van der Waals surface area contributed by atoms with E-state index in [1.54, 1.807) is 0 Å². The zero-order valence-electron chi connectivity index (χ0n) is 20.2. The Morgan fingerprint density at radius 3 is 2.63 bits per heavy atom. The molecule has 0 aliphatic carbocycles. The summed E-state index contributed by atoms with van der Waals surface area (Å²) in [6.45, 7) is 8.75. The molecule has 3 heterocycles. The van der Waals surface area contributed by atoms with Crippen LogP contribution in [-0.2, 0) is 22.6 Å². The molecule has 1 aromatic heterocycles. The zero-order chi connectivity index (χ0) is 24.0. The number of benzene rings is 2. The van der Waals surface area contributed by atoms with E-state index in [9.17, 15) is 4.79 Å². The Hall–Kier alpha value is -2.52. The molecule has 3 aromatic rings. The van der Waals surface area contributed by atoms with E-state index in [1.165, 1.54) is 17.3 Å². The Morgan fingerprint density at radius 1 is 1.03 bits per heavy atom. The highest BCUT2D eigenvalue weighted by Crippen LogP contribution is 2.29. The van der Waals surface area contributed by atoms with E-state index < -0.39 is 0 Å². The summed E-state index contributed by atoms with van der Waals surface area (Å²) in [5.74, 6) is 0.868. The molecule has 35 heavy (non-hydrogen) atoms. The van der Waals surface area contributed by atoms with E-state index in [2.05, 4.69) is 39.4 Å². The minimum absolute atomic E-state index is 0.0685. The fourth-order valence-corrected chi connectivity index (χ4v) is 5.66. The van der Waals surface area contributed by atoms with Gasteiger partial charge in [-0.05, 0) is 25.0 Å². The second-order valence-electron chi connectivity index (χ2n) is 9.33. The van der Waals surface area contributed by atoms with Crippen LogP contribution in [0.25, 0.3) is 10.9 Å². The third-order valence-electron chi connectivity index (χ3n) is 6.61. The van der Waals surface area contributed by atoms with Gasteiger partial charge in [-0.25, -0.2) is 9.97 Å². The predicted octanol–water partition coefficient (Wildman–Crippen LogP) is 3.33. The van der Waals surface area contributed by atoms with E-state index in [-0.39, 0.29) is 17.2 Å². The van der Waals surface area contributed by atoms with E-state index in [1.807, 2.05) is 37.3 Å². The maximum absolute atomic E-state index is 13.1. The van der Waals surface area contributed by atoms with Gasteiger partial charge in [0.1, 0.15) is 10.9 Å². The van der Waals surface area contributed by atoms with Crippen LogP contribution in [0.3, 0.4) is 0 Å². The van der Waals surface area contributed by atoms with Crippen LogP contribution in [-0.4, -0.2) is 76.4 Å². The Bertz CT molecular complexity index is 1140. The van der Waals surface area contributed by atoms with Crippen molar-refractivity contribution in [3.05, 3.63) is 66.0 Å². The van der Waals surface area contributed by atoms with Crippen LogP contribution in [0, 0.1) is 0 Å². The van der Waals surface area contributed by atoms with E-state index in [0.717, 1.165) is 74.1 Å². The number of nitrogens with one attached hydrogen (secondary N) is 1. The first-order valence-corrected chi connectivity index (χ1v) is 13.3. The van der Waals surface area contributed by atoms with Crippen molar-refractivity contribution >= 4 is 28.6 Å². The third kappa shape index (κ3) is 6.38. The van der Waals surface area contributed by atoms with Crippen LogP contribution in [0.2, 0.25) is 0 Å². The van der Waals surface area contributed by atoms with Gasteiger partial charge in [0.05, 0.1) is 30.5 Å². The first kappa shape index (κ1) is 24.2. The van der Waals surface area contributed by atoms with Crippen molar-refractivity contribution < 1.29 is 9.53 Å². The van der Waals surface area contributed by atoms with Gasteiger partial charge in [0.25, 0.3) is 0 Å². The molecule has 2 aliphatic heterocycles. The minimum Gasteiger partial charge on any atom is -0.379 e. The van der Waals surface area contributed by atoms with E-state index in [0.29, 0.717) is 6.54 Å². The average molecular weight is 492 g/mol. The van der Waals surface area contributed by atoms with Gasteiger partial charge in [-0.3, -0.25) is 14.6 Å². The number of nitrogens with zero attached hydrogens (tertiary/aromatic N) is 4. The Kier molecular flexibility index (Phi) is 7.93. The number of thioether (sulfide) groups is 1. The number of carbonyl (C=O) groups excluding carboxylic acids is 1. The number of ether oxygens (including phenoxy) is 1. The second kappa shape index (κ2) is 11.5. The number of hydrogen-bond donors (Lipinski definition) is 1. The zero-order valence-corrected chi connectivity index (χ0v) is 21.0. The monoisotopic (exact) mass is 491 g/mol. The van der Waals surface area contributed by atoms with Crippen molar-refractivity contribution in [2.75, 3.05) is 39.4 Å². The van der Waals surface area contributed by atoms with Gasteiger partial charge in [0.15, 0.2) is 0 Å². The van der Waals surface area contributed by atoms with Crippen molar-refractivity contribution in [2.45, 2.75) is 42.8 Å². The molecule has 7 nitrogen and oxygen atoms in total. The number of fused-ring (bicyclic) bond motifs is 1. The lowest BCUT2D eigenvalue weighted by Gasteiger charge is -2.26. The highest BCUT2D eigenvalue weighted by molar-refractivity contribution is 8.00. The summed E-state index contributed by atoms with van der Waals surface area (Å²) >= 11 is 1.52. The molecule has 2 atom stereocenters. The molecule has 184 valence electrons. The summed E-state index contributed by atoms with van der Waals surface area (Å²) in [5, 5.41) is 4.90. The molecule has 0 spiro atoms. The minimum atomic E-state index is -0.243. The summed E-state index contributed by atoms with van der Waals surface area (Å²) < 4.78 is 5.47. The van der Waals surface area contributed by atoms with Gasteiger partial charge < -0.3 is 10.1 Å². The molecule has 2 aromatic carbocycles. The third-order valence-corrected chi connectivity index (χ3v) is 7.71. The topological polar surface area (TPSA) is 70.6 Å².